The van der Waals surface area contributed by atoms with Crippen LogP contribution in [0.4, 0.5) is 0 Å². The number of nitrogens with two attached hydrogens (primary N) is 1. The maximum atomic E-state index is 6.24. The van der Waals surface area contributed by atoms with Crippen LogP contribution >= 0.6 is 11.6 Å². The molecule has 19 heavy (non-hydrogen) atoms. The highest BCUT2D eigenvalue weighted by Crippen LogP contribution is 2.45. The lowest BCUT2D eigenvalue weighted by Gasteiger charge is -2.54. The molecule has 2 nitrogen and oxygen atoms in total. The van der Waals surface area contributed by atoms with Crippen LogP contribution in [-0.4, -0.2) is 24.0 Å². The summed E-state index contributed by atoms with van der Waals surface area (Å²) in [4.78, 5) is 2.40. The normalized spacial score (nSPS) is 26.8. The topological polar surface area (TPSA) is 29.3 Å². The van der Waals surface area contributed by atoms with Crippen molar-refractivity contribution in [3.63, 3.8) is 0 Å². The number of halogens is 1. The second kappa shape index (κ2) is 5.82. The summed E-state index contributed by atoms with van der Waals surface area (Å²) in [6.07, 6.45) is 2.42. The van der Waals surface area contributed by atoms with E-state index in [2.05, 4.69) is 31.9 Å². The Morgan fingerprint density at radius 2 is 2.00 bits per heavy atom. The molecule has 0 bridgehead atoms. The lowest BCUT2D eigenvalue weighted by Crippen LogP contribution is -2.60. The van der Waals surface area contributed by atoms with Crippen LogP contribution in [0.1, 0.15) is 32.3 Å². The fraction of sp³-hybridized carbons (Fsp3) is 0.625. The highest BCUT2D eigenvalue weighted by Gasteiger charge is 2.46. The minimum atomic E-state index is 0.175. The highest BCUT2D eigenvalue weighted by atomic mass is 35.5. The van der Waals surface area contributed by atoms with Crippen LogP contribution in [0.5, 0.6) is 0 Å². The molecule has 0 amide bonds. The summed E-state index contributed by atoms with van der Waals surface area (Å²) in [5.74, 6) is 1.57. The first kappa shape index (κ1) is 14.8. The summed E-state index contributed by atoms with van der Waals surface area (Å²) >= 11 is 6.24. The van der Waals surface area contributed by atoms with Crippen LogP contribution < -0.4 is 5.73 Å². The first-order valence-corrected chi connectivity index (χ1v) is 7.51. The maximum absolute atomic E-state index is 6.24. The van der Waals surface area contributed by atoms with Crippen LogP contribution in [0.3, 0.4) is 0 Å². The van der Waals surface area contributed by atoms with E-state index in [0.29, 0.717) is 0 Å². The van der Waals surface area contributed by atoms with Crippen LogP contribution in [0.15, 0.2) is 24.3 Å². The minimum Gasteiger partial charge on any atom is -0.329 e. The molecule has 2 rings (SSSR count). The molecule has 0 aromatic heterocycles. The Hall–Kier alpha value is -0.570. The van der Waals surface area contributed by atoms with Crippen molar-refractivity contribution in [2.45, 2.75) is 38.8 Å². The molecule has 1 aliphatic rings. The van der Waals surface area contributed by atoms with Crippen LogP contribution in [0, 0.1) is 11.8 Å². The molecule has 0 saturated heterocycles. The zero-order chi connectivity index (χ0) is 14.0. The first-order chi connectivity index (χ1) is 8.98. The SMILES string of the molecule is CC(C)C1CC(CN)(N(C)Cc2ccccc2Cl)C1. The number of rotatable bonds is 5. The van der Waals surface area contributed by atoms with Crippen molar-refractivity contribution < 1.29 is 0 Å². The Kier molecular flexibility index (Phi) is 4.54. The molecule has 1 saturated carbocycles. The van der Waals surface area contributed by atoms with Gasteiger partial charge in [-0.05, 0) is 43.4 Å². The third-order valence-corrected chi connectivity index (χ3v) is 5.15. The Balaban J connectivity index is 2.03. The lowest BCUT2D eigenvalue weighted by molar-refractivity contribution is -0.0243. The van der Waals surface area contributed by atoms with Gasteiger partial charge in [0.25, 0.3) is 0 Å². The number of hydrogen-bond donors (Lipinski definition) is 1. The van der Waals surface area contributed by atoms with Crippen LogP contribution in [0.2, 0.25) is 5.02 Å². The van der Waals surface area contributed by atoms with Crippen molar-refractivity contribution in [1.82, 2.24) is 4.90 Å². The molecule has 0 unspecified atom stereocenters. The standard InChI is InChI=1S/C16H25ClN2/c1-12(2)14-8-16(9-14,11-18)19(3)10-13-6-4-5-7-15(13)17/h4-7,12,14H,8-11,18H2,1-3H3. The van der Waals surface area contributed by atoms with Gasteiger partial charge < -0.3 is 5.73 Å². The van der Waals surface area contributed by atoms with Crippen molar-refractivity contribution in [3.8, 4) is 0 Å². The van der Waals surface area contributed by atoms with Gasteiger partial charge in [-0.15, -0.1) is 0 Å². The van der Waals surface area contributed by atoms with Crippen molar-refractivity contribution in [3.05, 3.63) is 34.9 Å². The molecular weight excluding hydrogens is 256 g/mol. The monoisotopic (exact) mass is 280 g/mol. The van der Waals surface area contributed by atoms with Gasteiger partial charge in [0.15, 0.2) is 0 Å². The molecule has 0 atom stereocenters. The molecule has 1 fully saturated rings. The quantitative estimate of drug-likeness (QED) is 0.894. The Bertz CT molecular complexity index is 425. The first-order valence-electron chi connectivity index (χ1n) is 7.13. The molecule has 0 aliphatic heterocycles. The van der Waals surface area contributed by atoms with E-state index in [-0.39, 0.29) is 5.54 Å². The molecule has 106 valence electrons. The molecule has 1 aliphatic carbocycles. The summed E-state index contributed by atoms with van der Waals surface area (Å²) in [5, 5.41) is 0.848. The van der Waals surface area contributed by atoms with E-state index in [0.717, 1.165) is 29.9 Å². The van der Waals surface area contributed by atoms with Crippen molar-refractivity contribution in [1.29, 1.82) is 0 Å². The molecule has 0 radical (unpaired) electrons. The predicted molar refractivity (Wildman–Crippen MR) is 82.3 cm³/mol. The van der Waals surface area contributed by atoms with Gasteiger partial charge in [0, 0.05) is 23.7 Å². The molecular formula is C16H25ClN2. The summed E-state index contributed by atoms with van der Waals surface area (Å²) in [7, 11) is 2.17. The predicted octanol–water partition coefficient (Wildman–Crippen LogP) is 3.54. The minimum absolute atomic E-state index is 0.175. The van der Waals surface area contributed by atoms with E-state index in [1.807, 2.05) is 18.2 Å². The largest absolute Gasteiger partial charge is 0.329 e. The van der Waals surface area contributed by atoms with Gasteiger partial charge >= 0.3 is 0 Å². The molecule has 2 N–H and O–H groups in total. The molecule has 0 spiro atoms. The van der Waals surface area contributed by atoms with E-state index in [1.54, 1.807) is 0 Å². The Labute approximate surface area is 121 Å². The third kappa shape index (κ3) is 2.96. The summed E-state index contributed by atoms with van der Waals surface area (Å²) in [5.41, 5.74) is 7.41. The fourth-order valence-electron chi connectivity index (χ4n) is 3.07. The van der Waals surface area contributed by atoms with Crippen molar-refractivity contribution >= 4 is 11.6 Å². The van der Waals surface area contributed by atoms with Crippen molar-refractivity contribution in [2.75, 3.05) is 13.6 Å². The molecule has 0 heterocycles. The van der Waals surface area contributed by atoms with Gasteiger partial charge in [0.1, 0.15) is 0 Å². The summed E-state index contributed by atoms with van der Waals surface area (Å²) in [6.45, 7) is 6.22. The molecule has 1 aromatic rings. The second-order valence-corrected chi connectivity index (χ2v) is 6.70. The van der Waals surface area contributed by atoms with E-state index >= 15 is 0 Å². The van der Waals surface area contributed by atoms with Gasteiger partial charge in [0.05, 0.1) is 0 Å². The lowest BCUT2D eigenvalue weighted by atomic mass is 9.63. The van der Waals surface area contributed by atoms with E-state index in [1.165, 1.54) is 18.4 Å². The van der Waals surface area contributed by atoms with Crippen LogP contribution in [-0.2, 0) is 6.54 Å². The van der Waals surface area contributed by atoms with Gasteiger partial charge in [-0.2, -0.15) is 0 Å². The zero-order valence-electron chi connectivity index (χ0n) is 12.2. The number of likely N-dealkylation sites (N-methyl/N-ethyl adjacent to an activating group) is 1. The van der Waals surface area contributed by atoms with E-state index in [9.17, 15) is 0 Å². The smallest absolute Gasteiger partial charge is 0.0451 e. The Morgan fingerprint density at radius 1 is 1.37 bits per heavy atom. The number of hydrogen-bond acceptors (Lipinski definition) is 2. The van der Waals surface area contributed by atoms with Gasteiger partial charge in [-0.25, -0.2) is 0 Å². The Morgan fingerprint density at radius 3 is 2.53 bits per heavy atom. The van der Waals surface area contributed by atoms with Gasteiger partial charge in [-0.1, -0.05) is 43.6 Å². The summed E-state index contributed by atoms with van der Waals surface area (Å²) < 4.78 is 0. The molecule has 1 aromatic carbocycles. The van der Waals surface area contributed by atoms with Gasteiger partial charge in [0.2, 0.25) is 0 Å². The fourth-order valence-corrected chi connectivity index (χ4v) is 3.27. The molecule has 3 heteroatoms. The average Bonchev–Trinajstić information content (AvgIpc) is 2.31. The van der Waals surface area contributed by atoms with Gasteiger partial charge in [-0.3, -0.25) is 4.90 Å². The number of nitrogens with zero attached hydrogens (tertiary/aromatic N) is 1. The van der Waals surface area contributed by atoms with E-state index in [4.69, 9.17) is 17.3 Å². The second-order valence-electron chi connectivity index (χ2n) is 6.29. The number of benzene rings is 1. The average molecular weight is 281 g/mol. The highest BCUT2D eigenvalue weighted by molar-refractivity contribution is 6.31. The van der Waals surface area contributed by atoms with Crippen LogP contribution in [0.25, 0.3) is 0 Å². The third-order valence-electron chi connectivity index (χ3n) is 4.78. The zero-order valence-corrected chi connectivity index (χ0v) is 13.0. The van der Waals surface area contributed by atoms with E-state index < -0.39 is 0 Å². The van der Waals surface area contributed by atoms with Crippen molar-refractivity contribution in [2.24, 2.45) is 17.6 Å². The maximum Gasteiger partial charge on any atom is 0.0451 e. The summed E-state index contributed by atoms with van der Waals surface area (Å²) in [6, 6.07) is 8.07.